The molecule has 1 aromatic rings. The third kappa shape index (κ3) is 5.43. The molecule has 3 heterocycles. The highest BCUT2D eigenvalue weighted by Crippen LogP contribution is 2.23. The summed E-state index contributed by atoms with van der Waals surface area (Å²) in [7, 11) is -3.52. The molecular weight excluding hydrogens is 412 g/mol. The number of nitrogens with one attached hydrogen (secondary N) is 1. The van der Waals surface area contributed by atoms with Gasteiger partial charge in [-0.3, -0.25) is 9.69 Å². The number of sulfonamides is 1. The average Bonchev–Trinajstić information content (AvgIpc) is 2.71. The number of piperidine rings is 1. The molecule has 3 aliphatic rings. The second-order valence-electron chi connectivity index (χ2n) is 8.96. The van der Waals surface area contributed by atoms with Crippen LogP contribution in [0.5, 0.6) is 0 Å². The van der Waals surface area contributed by atoms with Crippen LogP contribution in [0, 0.1) is 11.8 Å². The highest BCUT2D eigenvalue weighted by Gasteiger charge is 2.29. The van der Waals surface area contributed by atoms with E-state index in [9.17, 15) is 13.2 Å². The molecule has 1 amide bonds. The van der Waals surface area contributed by atoms with Gasteiger partial charge in [0.25, 0.3) is 15.9 Å². The monoisotopic (exact) mass is 442 g/mol. The first kappa shape index (κ1) is 21.8. The SMILES string of the molecule is CC1CC(C)CN(Cc2ccc(CNC(=O)C3=CC=CN4CCS(=O)(=O)N=C34)cc2)C1. The Morgan fingerprint density at radius 3 is 2.52 bits per heavy atom. The van der Waals surface area contributed by atoms with Crippen molar-refractivity contribution in [1.29, 1.82) is 0 Å². The van der Waals surface area contributed by atoms with Gasteiger partial charge in [-0.1, -0.05) is 38.1 Å². The van der Waals surface area contributed by atoms with E-state index in [4.69, 9.17) is 0 Å². The van der Waals surface area contributed by atoms with Crippen molar-refractivity contribution in [3.05, 3.63) is 59.3 Å². The lowest BCUT2D eigenvalue weighted by molar-refractivity contribution is -0.117. The second kappa shape index (κ2) is 8.96. The molecule has 31 heavy (non-hydrogen) atoms. The number of amides is 1. The summed E-state index contributed by atoms with van der Waals surface area (Å²) in [6.07, 6.45) is 6.39. The van der Waals surface area contributed by atoms with Gasteiger partial charge in [-0.05, 0) is 41.5 Å². The van der Waals surface area contributed by atoms with Gasteiger partial charge in [0.05, 0.1) is 11.3 Å². The maximum absolute atomic E-state index is 12.7. The number of allylic oxidation sites excluding steroid dienone is 2. The van der Waals surface area contributed by atoms with Gasteiger partial charge < -0.3 is 10.2 Å². The number of carbonyl (C=O) groups is 1. The van der Waals surface area contributed by atoms with Gasteiger partial charge in [-0.2, -0.15) is 0 Å². The van der Waals surface area contributed by atoms with Gasteiger partial charge in [0.2, 0.25) is 0 Å². The van der Waals surface area contributed by atoms with E-state index >= 15 is 0 Å². The van der Waals surface area contributed by atoms with E-state index in [1.54, 1.807) is 23.3 Å². The summed E-state index contributed by atoms with van der Waals surface area (Å²) in [5.74, 6) is 1.30. The second-order valence-corrected chi connectivity index (χ2v) is 10.7. The smallest absolute Gasteiger partial charge is 0.256 e. The lowest BCUT2D eigenvalue weighted by atomic mass is 9.91. The van der Waals surface area contributed by atoms with Crippen LogP contribution in [0.15, 0.2) is 52.6 Å². The van der Waals surface area contributed by atoms with Crippen molar-refractivity contribution >= 4 is 21.8 Å². The van der Waals surface area contributed by atoms with Crippen molar-refractivity contribution < 1.29 is 13.2 Å². The van der Waals surface area contributed by atoms with E-state index in [1.807, 2.05) is 12.1 Å². The molecule has 166 valence electrons. The quantitative estimate of drug-likeness (QED) is 0.757. The van der Waals surface area contributed by atoms with Crippen molar-refractivity contribution in [2.75, 3.05) is 25.4 Å². The lowest BCUT2D eigenvalue weighted by Crippen LogP contribution is -2.42. The minimum Gasteiger partial charge on any atom is -0.348 e. The molecule has 2 unspecified atom stereocenters. The molecule has 7 nitrogen and oxygen atoms in total. The lowest BCUT2D eigenvalue weighted by Gasteiger charge is -2.35. The van der Waals surface area contributed by atoms with E-state index in [-0.39, 0.29) is 23.1 Å². The number of nitrogens with zero attached hydrogens (tertiary/aromatic N) is 3. The first-order valence-electron chi connectivity index (χ1n) is 10.9. The van der Waals surface area contributed by atoms with Crippen molar-refractivity contribution in [2.45, 2.75) is 33.4 Å². The fraction of sp³-hybridized carbons (Fsp3) is 0.478. The molecule has 1 saturated heterocycles. The zero-order valence-corrected chi connectivity index (χ0v) is 18.9. The van der Waals surface area contributed by atoms with Gasteiger partial charge >= 0.3 is 0 Å². The van der Waals surface area contributed by atoms with Gasteiger partial charge in [0.15, 0.2) is 5.84 Å². The van der Waals surface area contributed by atoms with Crippen LogP contribution in [0.25, 0.3) is 0 Å². The third-order valence-electron chi connectivity index (χ3n) is 5.93. The Kier molecular flexibility index (Phi) is 6.29. The summed E-state index contributed by atoms with van der Waals surface area (Å²) in [4.78, 5) is 16.9. The molecule has 1 N–H and O–H groups in total. The molecule has 1 aromatic carbocycles. The predicted octanol–water partition coefficient (Wildman–Crippen LogP) is 2.28. The van der Waals surface area contributed by atoms with Gasteiger partial charge in [0, 0.05) is 38.9 Å². The molecule has 3 aliphatic heterocycles. The number of rotatable bonds is 5. The molecule has 4 rings (SSSR count). The maximum Gasteiger partial charge on any atom is 0.256 e. The standard InChI is InChI=1S/C23H30N4O3S/c1-17-12-18(2)15-26(14-17)16-20-7-5-19(6-8-20)13-24-23(28)21-4-3-9-27-10-11-31(29,30)25-22(21)27/h3-9,17-18H,10-16H2,1-2H3,(H,24,28). The number of benzene rings is 1. The van der Waals surface area contributed by atoms with E-state index < -0.39 is 10.0 Å². The van der Waals surface area contributed by atoms with Crippen LogP contribution >= 0.6 is 0 Å². The molecule has 2 atom stereocenters. The average molecular weight is 443 g/mol. The molecule has 0 radical (unpaired) electrons. The van der Waals surface area contributed by atoms with E-state index in [0.717, 1.165) is 37.0 Å². The number of hydrogen-bond acceptors (Lipinski definition) is 5. The van der Waals surface area contributed by atoms with Gasteiger partial charge in [0.1, 0.15) is 0 Å². The summed E-state index contributed by atoms with van der Waals surface area (Å²) >= 11 is 0. The Morgan fingerprint density at radius 1 is 1.13 bits per heavy atom. The van der Waals surface area contributed by atoms with Crippen LogP contribution < -0.4 is 5.32 Å². The Morgan fingerprint density at radius 2 is 1.81 bits per heavy atom. The molecule has 0 bridgehead atoms. The highest BCUT2D eigenvalue weighted by molar-refractivity contribution is 7.90. The van der Waals surface area contributed by atoms with Crippen LogP contribution in [0.4, 0.5) is 0 Å². The fourth-order valence-electron chi connectivity index (χ4n) is 4.61. The van der Waals surface area contributed by atoms with Crippen LogP contribution in [0.1, 0.15) is 31.4 Å². The zero-order chi connectivity index (χ0) is 22.0. The Labute approximate surface area is 184 Å². The number of hydrogen-bond donors (Lipinski definition) is 1. The van der Waals surface area contributed by atoms with Crippen molar-refractivity contribution in [3.63, 3.8) is 0 Å². The van der Waals surface area contributed by atoms with Crippen LogP contribution in [-0.4, -0.2) is 55.3 Å². The summed E-state index contributed by atoms with van der Waals surface area (Å²) in [6.45, 7) is 8.55. The molecule has 0 saturated carbocycles. The molecule has 0 aromatic heterocycles. The van der Waals surface area contributed by atoms with Crippen molar-refractivity contribution in [1.82, 2.24) is 15.1 Å². The Hall–Kier alpha value is -2.45. The van der Waals surface area contributed by atoms with Crippen LogP contribution in [-0.2, 0) is 27.9 Å². The van der Waals surface area contributed by atoms with Gasteiger partial charge in [-0.15, -0.1) is 4.40 Å². The Bertz CT molecular complexity index is 1020. The highest BCUT2D eigenvalue weighted by atomic mass is 32.2. The minimum atomic E-state index is -3.52. The van der Waals surface area contributed by atoms with Crippen molar-refractivity contribution in [3.8, 4) is 0 Å². The number of fused-ring (bicyclic) bond motifs is 1. The Balaban J connectivity index is 1.35. The van der Waals surface area contributed by atoms with Crippen LogP contribution in [0.3, 0.4) is 0 Å². The molecule has 0 aliphatic carbocycles. The topological polar surface area (TPSA) is 82.1 Å². The molecular formula is C23H30N4O3S. The van der Waals surface area contributed by atoms with E-state index in [0.29, 0.717) is 13.1 Å². The number of likely N-dealkylation sites (tertiary alicyclic amines) is 1. The molecule has 0 spiro atoms. The summed E-state index contributed by atoms with van der Waals surface area (Å²) in [6, 6.07) is 8.31. The van der Waals surface area contributed by atoms with Crippen LogP contribution in [0.2, 0.25) is 0 Å². The summed E-state index contributed by atoms with van der Waals surface area (Å²) in [5.41, 5.74) is 2.55. The molecule has 8 heteroatoms. The van der Waals surface area contributed by atoms with E-state index in [1.165, 1.54) is 12.0 Å². The number of amidine groups is 1. The third-order valence-corrected chi connectivity index (χ3v) is 7.08. The van der Waals surface area contributed by atoms with Gasteiger partial charge in [-0.25, -0.2) is 8.42 Å². The molecule has 1 fully saturated rings. The normalized spacial score (nSPS) is 25.4. The number of carbonyl (C=O) groups excluding carboxylic acids is 1. The first-order chi connectivity index (χ1) is 14.8. The summed E-state index contributed by atoms with van der Waals surface area (Å²) in [5, 5.41) is 2.89. The van der Waals surface area contributed by atoms with E-state index in [2.05, 4.69) is 40.6 Å². The largest absolute Gasteiger partial charge is 0.348 e. The summed E-state index contributed by atoms with van der Waals surface area (Å²) < 4.78 is 27.5. The zero-order valence-electron chi connectivity index (χ0n) is 18.1. The maximum atomic E-state index is 12.7. The minimum absolute atomic E-state index is 0.0443. The van der Waals surface area contributed by atoms with Crippen molar-refractivity contribution in [2.24, 2.45) is 16.2 Å². The first-order valence-corrected chi connectivity index (χ1v) is 12.5. The fourth-order valence-corrected chi connectivity index (χ4v) is 5.60. The predicted molar refractivity (Wildman–Crippen MR) is 122 cm³/mol.